The summed E-state index contributed by atoms with van der Waals surface area (Å²) in [7, 11) is 1.80. The molecule has 0 saturated carbocycles. The predicted molar refractivity (Wildman–Crippen MR) is 74.0 cm³/mol. The van der Waals surface area contributed by atoms with Gasteiger partial charge in [0, 0.05) is 11.3 Å². The Balaban J connectivity index is 2.49. The highest BCUT2D eigenvalue weighted by Gasteiger charge is 2.18. The molecule has 2 aromatic rings. The molecule has 1 heterocycles. The van der Waals surface area contributed by atoms with Crippen LogP contribution < -0.4 is 5.32 Å². The minimum Gasteiger partial charge on any atom is -0.308 e. The molecule has 1 aromatic carbocycles. The minimum atomic E-state index is -0.250. The minimum absolute atomic E-state index is 0.248. The number of halogens is 2. The third-order valence-electron chi connectivity index (χ3n) is 2.79. The molecule has 0 aliphatic rings. The second-order valence-corrected chi connectivity index (χ2v) is 4.92. The Morgan fingerprint density at radius 2 is 1.94 bits per heavy atom. The SMILES string of the molecule is CNC(c1cccc(C)n1)c1cccc(Br)c1F. The van der Waals surface area contributed by atoms with Crippen molar-refractivity contribution in [3.63, 3.8) is 0 Å². The molecule has 0 amide bonds. The molecule has 1 atom stereocenters. The molecule has 18 heavy (non-hydrogen) atoms. The fourth-order valence-corrected chi connectivity index (χ4v) is 2.31. The van der Waals surface area contributed by atoms with Crippen molar-refractivity contribution in [2.75, 3.05) is 7.05 Å². The first-order valence-electron chi connectivity index (χ1n) is 5.68. The summed E-state index contributed by atoms with van der Waals surface area (Å²) < 4.78 is 14.6. The second kappa shape index (κ2) is 5.59. The van der Waals surface area contributed by atoms with Gasteiger partial charge in [-0.3, -0.25) is 4.98 Å². The Kier molecular flexibility index (Phi) is 4.09. The molecule has 0 bridgehead atoms. The normalized spacial score (nSPS) is 12.4. The van der Waals surface area contributed by atoms with E-state index < -0.39 is 0 Å². The predicted octanol–water partition coefficient (Wildman–Crippen LogP) is 3.60. The van der Waals surface area contributed by atoms with E-state index in [0.717, 1.165) is 11.4 Å². The Hall–Kier alpha value is -1.26. The summed E-state index contributed by atoms with van der Waals surface area (Å²) in [5.74, 6) is -0.250. The number of nitrogens with one attached hydrogen (secondary N) is 1. The number of rotatable bonds is 3. The smallest absolute Gasteiger partial charge is 0.142 e. The maximum absolute atomic E-state index is 14.1. The largest absolute Gasteiger partial charge is 0.308 e. The summed E-state index contributed by atoms with van der Waals surface area (Å²) in [6.45, 7) is 1.92. The van der Waals surface area contributed by atoms with Crippen molar-refractivity contribution < 1.29 is 4.39 Å². The number of pyridine rings is 1. The number of aryl methyl sites for hydroxylation is 1. The number of hydrogen-bond donors (Lipinski definition) is 1. The van der Waals surface area contributed by atoms with Crippen LogP contribution in [0.1, 0.15) is 23.0 Å². The van der Waals surface area contributed by atoms with Crippen LogP contribution in [0.2, 0.25) is 0 Å². The molecule has 0 radical (unpaired) electrons. The second-order valence-electron chi connectivity index (χ2n) is 4.07. The molecular weight excluding hydrogens is 295 g/mol. The molecule has 2 nitrogen and oxygen atoms in total. The summed E-state index contributed by atoms with van der Waals surface area (Å²) in [6.07, 6.45) is 0. The van der Waals surface area contributed by atoms with Gasteiger partial charge in [0.2, 0.25) is 0 Å². The van der Waals surface area contributed by atoms with Gasteiger partial charge in [-0.25, -0.2) is 4.39 Å². The van der Waals surface area contributed by atoms with Gasteiger partial charge in [0.15, 0.2) is 0 Å². The quantitative estimate of drug-likeness (QED) is 0.937. The standard InChI is InChI=1S/C14H14BrFN2/c1-9-5-3-8-12(18-9)14(17-2)10-6-4-7-11(15)13(10)16/h3-8,14,17H,1-2H3. The van der Waals surface area contributed by atoms with Gasteiger partial charge in [0.25, 0.3) is 0 Å². The number of nitrogens with zero attached hydrogens (tertiary/aromatic N) is 1. The van der Waals surface area contributed by atoms with E-state index in [0.29, 0.717) is 10.0 Å². The summed E-state index contributed by atoms with van der Waals surface area (Å²) in [4.78, 5) is 4.45. The number of aromatic nitrogens is 1. The van der Waals surface area contributed by atoms with Crippen LogP contribution in [0.15, 0.2) is 40.9 Å². The number of hydrogen-bond acceptors (Lipinski definition) is 2. The van der Waals surface area contributed by atoms with E-state index >= 15 is 0 Å². The van der Waals surface area contributed by atoms with Gasteiger partial charge in [-0.1, -0.05) is 18.2 Å². The van der Waals surface area contributed by atoms with Crippen LogP contribution in [-0.4, -0.2) is 12.0 Å². The molecule has 0 spiro atoms. The summed E-state index contributed by atoms with van der Waals surface area (Å²) in [6, 6.07) is 10.8. The third-order valence-corrected chi connectivity index (χ3v) is 3.40. The maximum atomic E-state index is 14.1. The summed E-state index contributed by atoms with van der Waals surface area (Å²) in [5, 5.41) is 3.11. The van der Waals surface area contributed by atoms with Gasteiger partial charge in [0.05, 0.1) is 16.2 Å². The lowest BCUT2D eigenvalue weighted by molar-refractivity contribution is 0.565. The zero-order valence-electron chi connectivity index (χ0n) is 10.2. The van der Waals surface area contributed by atoms with Gasteiger partial charge in [-0.15, -0.1) is 0 Å². The van der Waals surface area contributed by atoms with Crippen LogP contribution in [0.5, 0.6) is 0 Å². The Labute approximate surface area is 114 Å². The molecule has 1 aromatic heterocycles. The molecule has 2 rings (SSSR count). The van der Waals surface area contributed by atoms with Crippen LogP contribution >= 0.6 is 15.9 Å². The Morgan fingerprint density at radius 3 is 2.61 bits per heavy atom. The van der Waals surface area contributed by atoms with E-state index in [1.807, 2.05) is 31.2 Å². The average Bonchev–Trinajstić information content (AvgIpc) is 2.35. The molecule has 94 valence electrons. The lowest BCUT2D eigenvalue weighted by atomic mass is 10.0. The molecule has 1 unspecified atom stereocenters. The van der Waals surface area contributed by atoms with Crippen molar-refractivity contribution in [3.8, 4) is 0 Å². The lowest BCUT2D eigenvalue weighted by Crippen LogP contribution is -2.20. The molecule has 1 N–H and O–H groups in total. The van der Waals surface area contributed by atoms with E-state index in [4.69, 9.17) is 0 Å². The Bertz CT molecular complexity index is 557. The van der Waals surface area contributed by atoms with E-state index in [1.54, 1.807) is 19.2 Å². The van der Waals surface area contributed by atoms with E-state index in [9.17, 15) is 4.39 Å². The van der Waals surface area contributed by atoms with Crippen LogP contribution in [0.3, 0.4) is 0 Å². The maximum Gasteiger partial charge on any atom is 0.142 e. The first-order chi connectivity index (χ1) is 8.63. The lowest BCUT2D eigenvalue weighted by Gasteiger charge is -2.17. The average molecular weight is 309 g/mol. The zero-order valence-corrected chi connectivity index (χ0v) is 11.8. The van der Waals surface area contributed by atoms with Crippen molar-refractivity contribution in [1.29, 1.82) is 0 Å². The first-order valence-corrected chi connectivity index (χ1v) is 6.47. The van der Waals surface area contributed by atoms with E-state index in [1.165, 1.54) is 0 Å². The highest BCUT2D eigenvalue weighted by molar-refractivity contribution is 9.10. The Morgan fingerprint density at radius 1 is 1.22 bits per heavy atom. The van der Waals surface area contributed by atoms with Gasteiger partial charge in [-0.2, -0.15) is 0 Å². The fraction of sp³-hybridized carbons (Fsp3) is 0.214. The van der Waals surface area contributed by atoms with Gasteiger partial charge < -0.3 is 5.32 Å². The zero-order chi connectivity index (χ0) is 13.1. The molecule has 0 fully saturated rings. The molecular formula is C14H14BrFN2. The van der Waals surface area contributed by atoms with Crippen LogP contribution in [0.4, 0.5) is 4.39 Å². The van der Waals surface area contributed by atoms with Gasteiger partial charge in [0.1, 0.15) is 5.82 Å². The van der Waals surface area contributed by atoms with Crippen LogP contribution in [0.25, 0.3) is 0 Å². The van der Waals surface area contributed by atoms with Crippen LogP contribution in [0, 0.1) is 12.7 Å². The van der Waals surface area contributed by atoms with Crippen LogP contribution in [-0.2, 0) is 0 Å². The molecule has 0 aliphatic carbocycles. The van der Waals surface area contributed by atoms with Gasteiger partial charge >= 0.3 is 0 Å². The topological polar surface area (TPSA) is 24.9 Å². The van der Waals surface area contributed by atoms with Crippen molar-refractivity contribution in [1.82, 2.24) is 10.3 Å². The fourth-order valence-electron chi connectivity index (χ4n) is 1.93. The summed E-state index contributed by atoms with van der Waals surface area (Å²) in [5.41, 5.74) is 2.32. The van der Waals surface area contributed by atoms with Crippen molar-refractivity contribution in [2.45, 2.75) is 13.0 Å². The first kappa shape index (κ1) is 13.2. The van der Waals surface area contributed by atoms with Gasteiger partial charge in [-0.05, 0) is 48.1 Å². The van der Waals surface area contributed by atoms with Crippen molar-refractivity contribution >= 4 is 15.9 Å². The molecule has 0 saturated heterocycles. The summed E-state index contributed by atoms with van der Waals surface area (Å²) >= 11 is 3.21. The van der Waals surface area contributed by atoms with Crippen molar-refractivity contribution in [2.24, 2.45) is 0 Å². The third kappa shape index (κ3) is 2.60. The van der Waals surface area contributed by atoms with E-state index in [-0.39, 0.29) is 11.9 Å². The molecule has 0 aliphatic heterocycles. The highest BCUT2D eigenvalue weighted by atomic mass is 79.9. The number of benzene rings is 1. The molecule has 4 heteroatoms. The van der Waals surface area contributed by atoms with Crippen molar-refractivity contribution in [3.05, 3.63) is 63.6 Å². The monoisotopic (exact) mass is 308 g/mol. The highest BCUT2D eigenvalue weighted by Crippen LogP contribution is 2.27. The van der Waals surface area contributed by atoms with E-state index in [2.05, 4.69) is 26.2 Å².